The number of hydrogen-bond acceptors (Lipinski definition) is 2. The summed E-state index contributed by atoms with van der Waals surface area (Å²) >= 11 is 0. The van der Waals surface area contributed by atoms with Crippen LogP contribution in [0.25, 0.3) is 0 Å². The first-order chi connectivity index (χ1) is 26.7. The third-order valence-corrected chi connectivity index (χ3v) is 12.7. The van der Waals surface area contributed by atoms with Gasteiger partial charge in [-0.3, -0.25) is 0 Å². The fraction of sp³-hybridized carbons (Fsp3) is 0.887. The van der Waals surface area contributed by atoms with Crippen molar-refractivity contribution in [3.05, 3.63) is 36.6 Å². The van der Waals surface area contributed by atoms with Gasteiger partial charge in [-0.15, -0.1) is 0 Å². The van der Waals surface area contributed by atoms with Crippen molar-refractivity contribution < 1.29 is 0 Å². The summed E-state index contributed by atoms with van der Waals surface area (Å²) in [6, 6.07) is 0.577. The van der Waals surface area contributed by atoms with E-state index < -0.39 is 0 Å². The Morgan fingerprint density at radius 2 is 0.673 bits per heavy atom. The third kappa shape index (κ3) is 32.6. The molecule has 2 atom stereocenters. The molecule has 0 aliphatic rings. The minimum absolute atomic E-state index is 0.577. The van der Waals surface area contributed by atoms with Crippen LogP contribution in [0.4, 0.5) is 0 Å². The van der Waals surface area contributed by atoms with E-state index in [2.05, 4.69) is 78.5 Å². The Hall–Kier alpha value is -1.02. The highest BCUT2D eigenvalue weighted by Crippen LogP contribution is 2.28. The summed E-state index contributed by atoms with van der Waals surface area (Å²) in [6.45, 7) is 25.4. The maximum atomic E-state index is 4.68. The Labute approximate surface area is 349 Å². The molecule has 0 spiro atoms. The highest BCUT2D eigenvalue weighted by molar-refractivity contribution is 4.97. The van der Waals surface area contributed by atoms with Gasteiger partial charge in [0.1, 0.15) is 0 Å². The predicted molar refractivity (Wildman–Crippen MR) is 253 cm³/mol. The lowest BCUT2D eigenvalue weighted by Gasteiger charge is -2.40. The van der Waals surface area contributed by atoms with E-state index in [1.807, 2.05) is 0 Å². The zero-order valence-electron chi connectivity index (χ0n) is 39.4. The summed E-state index contributed by atoms with van der Waals surface area (Å²) in [4.78, 5) is 0. The molecule has 0 aromatic heterocycles. The molecule has 0 rings (SSSR count). The summed E-state index contributed by atoms with van der Waals surface area (Å²) in [5.41, 5.74) is 4.37. The van der Waals surface area contributed by atoms with Crippen molar-refractivity contribution in [2.45, 2.75) is 278 Å². The fourth-order valence-corrected chi connectivity index (χ4v) is 8.97. The van der Waals surface area contributed by atoms with Crippen molar-refractivity contribution in [1.82, 2.24) is 10.0 Å². The monoisotopic (exact) mass is 769 g/mol. The van der Waals surface area contributed by atoms with Crippen LogP contribution in [0.5, 0.6) is 0 Å². The normalized spacial score (nSPS) is 12.8. The van der Waals surface area contributed by atoms with E-state index >= 15 is 0 Å². The highest BCUT2D eigenvalue weighted by atomic mass is 15.6. The number of nitrogens with zero attached hydrogens (tertiary/aromatic N) is 2. The van der Waals surface area contributed by atoms with Gasteiger partial charge in [-0.1, -0.05) is 226 Å². The molecule has 0 bridgehead atoms. The minimum Gasteiger partial charge on any atom is -0.308 e. The standard InChI is InChI=1S/C53H104N2/c1-11-16-21-23-24-31-37-50(8)55(54(9)10)53(42-33-27-25-29-35-48(6)44-46-51(38-18-13-3)39-19-14-4)43-34-28-26-30-36-49(7)45-47-52(40-20-15-5)41-32-22-17-12-2/h51-53H,6-8,11-47H2,1-5,9-10H3. The van der Waals surface area contributed by atoms with Gasteiger partial charge in [-0.25, -0.2) is 5.01 Å². The first-order valence-corrected chi connectivity index (χ1v) is 25.2. The molecule has 0 aromatic rings. The van der Waals surface area contributed by atoms with E-state index in [0.29, 0.717) is 6.04 Å². The molecule has 0 saturated heterocycles. The van der Waals surface area contributed by atoms with Crippen molar-refractivity contribution in [3.63, 3.8) is 0 Å². The Morgan fingerprint density at radius 3 is 1.09 bits per heavy atom. The Kier molecular flexibility index (Phi) is 39.1. The lowest BCUT2D eigenvalue weighted by molar-refractivity contribution is 0.00663. The van der Waals surface area contributed by atoms with Gasteiger partial charge in [0.25, 0.3) is 0 Å². The van der Waals surface area contributed by atoms with Gasteiger partial charge in [-0.05, 0) is 88.9 Å². The first kappa shape index (κ1) is 54.0. The zero-order chi connectivity index (χ0) is 40.8. The van der Waals surface area contributed by atoms with Crippen LogP contribution in [-0.4, -0.2) is 30.2 Å². The van der Waals surface area contributed by atoms with E-state index in [1.165, 1.54) is 248 Å². The lowest BCUT2D eigenvalue weighted by atomic mass is 9.89. The summed E-state index contributed by atoms with van der Waals surface area (Å²) in [7, 11) is 4.51. The number of hydrazine groups is 1. The molecule has 0 aliphatic carbocycles. The SMILES string of the molecule is C=C(CCCCCCC(CCCCCCC(=C)CCC(CCCC)CCCCCC)N(C(=C)CCCCCCCC)N(C)C)CCC(CCCC)CCCC. The molecule has 2 nitrogen and oxygen atoms in total. The number of rotatable bonds is 44. The van der Waals surface area contributed by atoms with Crippen molar-refractivity contribution in [3.8, 4) is 0 Å². The summed E-state index contributed by atoms with van der Waals surface area (Å²) in [6.07, 6.45) is 49.8. The largest absolute Gasteiger partial charge is 0.308 e. The second-order valence-corrected chi connectivity index (χ2v) is 18.4. The maximum absolute atomic E-state index is 4.68. The molecule has 0 amide bonds. The van der Waals surface area contributed by atoms with Crippen LogP contribution in [-0.2, 0) is 0 Å². The Balaban J connectivity index is 4.88. The van der Waals surface area contributed by atoms with Gasteiger partial charge in [0.2, 0.25) is 0 Å². The molecule has 0 N–H and O–H groups in total. The molecule has 2 unspecified atom stereocenters. The topological polar surface area (TPSA) is 6.48 Å². The second kappa shape index (κ2) is 39.8. The fourth-order valence-electron chi connectivity index (χ4n) is 8.97. The summed E-state index contributed by atoms with van der Waals surface area (Å²) < 4.78 is 0. The first-order valence-electron chi connectivity index (χ1n) is 25.2. The molecule has 55 heavy (non-hydrogen) atoms. The maximum Gasteiger partial charge on any atom is 0.0453 e. The summed E-state index contributed by atoms with van der Waals surface area (Å²) in [5.74, 6) is 1.85. The minimum atomic E-state index is 0.577. The van der Waals surface area contributed by atoms with Crippen molar-refractivity contribution in [1.29, 1.82) is 0 Å². The van der Waals surface area contributed by atoms with Crippen LogP contribution in [0.1, 0.15) is 272 Å². The molecule has 2 heteroatoms. The van der Waals surface area contributed by atoms with Gasteiger partial charge in [-0.2, -0.15) is 0 Å². The molecular formula is C53H104N2. The smallest absolute Gasteiger partial charge is 0.0453 e. The van der Waals surface area contributed by atoms with E-state index in [4.69, 9.17) is 0 Å². The van der Waals surface area contributed by atoms with E-state index in [1.54, 1.807) is 0 Å². The molecule has 0 aromatic carbocycles. The molecule has 0 saturated carbocycles. The quantitative estimate of drug-likeness (QED) is 0.0346. The van der Waals surface area contributed by atoms with Crippen LogP contribution < -0.4 is 0 Å². The van der Waals surface area contributed by atoms with Gasteiger partial charge < -0.3 is 5.01 Å². The molecule has 326 valence electrons. The van der Waals surface area contributed by atoms with Crippen LogP contribution in [0, 0.1) is 11.8 Å². The van der Waals surface area contributed by atoms with E-state index in [9.17, 15) is 0 Å². The van der Waals surface area contributed by atoms with Gasteiger partial charge >= 0.3 is 0 Å². The predicted octanol–water partition coefficient (Wildman–Crippen LogP) is 18.5. The average Bonchev–Trinajstić information content (AvgIpc) is 3.17. The molecule has 0 radical (unpaired) electrons. The van der Waals surface area contributed by atoms with Gasteiger partial charge in [0.15, 0.2) is 0 Å². The number of hydrogen-bond donors (Lipinski definition) is 0. The van der Waals surface area contributed by atoms with Gasteiger partial charge in [0, 0.05) is 25.8 Å². The zero-order valence-corrected chi connectivity index (χ0v) is 39.4. The molecular weight excluding hydrogens is 665 g/mol. The van der Waals surface area contributed by atoms with Crippen LogP contribution >= 0.6 is 0 Å². The van der Waals surface area contributed by atoms with E-state index in [0.717, 1.165) is 18.3 Å². The highest BCUT2D eigenvalue weighted by Gasteiger charge is 2.21. The van der Waals surface area contributed by atoms with E-state index in [-0.39, 0.29) is 0 Å². The average molecular weight is 769 g/mol. The third-order valence-electron chi connectivity index (χ3n) is 12.7. The van der Waals surface area contributed by atoms with Crippen molar-refractivity contribution >= 4 is 0 Å². The summed E-state index contributed by atoms with van der Waals surface area (Å²) in [5, 5.41) is 4.98. The molecule has 0 aliphatic heterocycles. The second-order valence-electron chi connectivity index (χ2n) is 18.4. The lowest BCUT2D eigenvalue weighted by Crippen LogP contribution is -2.44. The van der Waals surface area contributed by atoms with Crippen LogP contribution in [0.15, 0.2) is 36.6 Å². The molecule has 0 heterocycles. The number of allylic oxidation sites excluding steroid dienone is 3. The van der Waals surface area contributed by atoms with Crippen molar-refractivity contribution in [2.24, 2.45) is 11.8 Å². The number of unbranched alkanes of at least 4 members (excludes halogenated alkanes) is 17. The van der Waals surface area contributed by atoms with Crippen LogP contribution in [0.3, 0.4) is 0 Å². The Bertz CT molecular complexity index is 848. The van der Waals surface area contributed by atoms with Crippen molar-refractivity contribution in [2.75, 3.05) is 14.1 Å². The Morgan fingerprint density at radius 1 is 0.345 bits per heavy atom. The molecule has 0 fully saturated rings. The van der Waals surface area contributed by atoms with Gasteiger partial charge in [0.05, 0.1) is 0 Å². The van der Waals surface area contributed by atoms with Crippen LogP contribution in [0.2, 0.25) is 0 Å².